The van der Waals surface area contributed by atoms with Gasteiger partial charge in [0.1, 0.15) is 0 Å². The van der Waals surface area contributed by atoms with Crippen molar-refractivity contribution in [2.45, 2.75) is 0 Å². The summed E-state index contributed by atoms with van der Waals surface area (Å²) in [4.78, 5) is 0. The molecule has 0 rings (SSSR count). The fraction of sp³-hybridized carbons (Fsp3) is 0. The topological polar surface area (TPSA) is 3.24 Å². The third-order valence-electron chi connectivity index (χ3n) is 0. The number of hydrogen-bond donors (Lipinski definition) is 1. The predicted molar refractivity (Wildman–Crippen MR) is 13.0 cm³/mol. The molecule has 0 aromatic carbocycles. The average molecular weight is 85.1 g/mol. The molecule has 0 spiro atoms. The average Bonchev–Trinajstić information content (AvgIpc) is 0.811. The van der Waals surface area contributed by atoms with Gasteiger partial charge < -0.3 is 0 Å². The molecule has 0 aliphatic rings. The number of rotatable bonds is 0. The van der Waals surface area contributed by atoms with Crippen molar-refractivity contribution >= 4 is 12.8 Å². The van der Waals surface area contributed by atoms with E-state index in [9.17, 15) is 8.96 Å². The first kappa shape index (κ1) is 4.17. The quantitative estimate of drug-likeness (QED) is 0.338. The Hall–Kier alpha value is 0.170. The van der Waals surface area contributed by atoms with E-state index in [0.29, 0.717) is 0 Å². The maximum atomic E-state index is 10.0. The van der Waals surface area contributed by atoms with Crippen LogP contribution >= 0.6 is 12.8 Å². The third kappa shape index (κ3) is 103. The van der Waals surface area contributed by atoms with Crippen LogP contribution < -0.4 is 0 Å². The van der Waals surface area contributed by atoms with Gasteiger partial charge in [-0.05, 0) is 12.8 Å². The molecule has 0 aromatic rings. The molecule has 0 bridgehead atoms. The second-order valence-electron chi connectivity index (χ2n) is 0.215. The van der Waals surface area contributed by atoms with Gasteiger partial charge in [0.15, 0.2) is 0 Å². The minimum atomic E-state index is -1.31. The molecule has 0 N–H and O–H groups in total. The van der Waals surface area contributed by atoms with Gasteiger partial charge in [-0.2, -0.15) is 0 Å². The van der Waals surface area contributed by atoms with Crippen LogP contribution in [0.3, 0.4) is 0 Å². The Bertz CT molecular complexity index is 10.8. The monoisotopic (exact) mass is 85.0 g/mol. The zero-order valence-electron chi connectivity index (χ0n) is 1.65. The molecule has 0 aromatic heterocycles. The van der Waals surface area contributed by atoms with Gasteiger partial charge in [-0.15, -0.1) is 0 Å². The molecule has 0 unspecified atom stereocenters. The van der Waals surface area contributed by atoms with E-state index in [4.69, 9.17) is 0 Å². The Labute approximate surface area is 27.6 Å². The van der Waals surface area contributed by atoms with Crippen molar-refractivity contribution < 1.29 is 8.96 Å². The van der Waals surface area contributed by atoms with Crippen molar-refractivity contribution in [1.29, 1.82) is 0 Å². The minimum Gasteiger partial charge on any atom is -0.0892 e. The van der Waals surface area contributed by atoms with Crippen molar-refractivity contribution in [1.82, 2.24) is 4.75 Å². The van der Waals surface area contributed by atoms with Crippen LogP contribution in [0.2, 0.25) is 0 Å². The normalized spacial score (nSPS) is 9.00. The van der Waals surface area contributed by atoms with Crippen LogP contribution in [0.1, 0.15) is 0 Å². The van der Waals surface area contributed by atoms with E-state index in [1.54, 1.807) is 0 Å². The summed E-state index contributed by atoms with van der Waals surface area (Å²) in [6, 6.07) is 0. The Kier molecular flexibility index (Phi) is 1.55. The summed E-state index contributed by atoms with van der Waals surface area (Å²) in [6.07, 6.45) is 0. The summed E-state index contributed by atoms with van der Waals surface area (Å²) >= 11 is 2.47. The Morgan fingerprint density at radius 3 is 1.50 bits per heavy atom. The molecule has 0 radical (unpaired) electrons. The predicted octanol–water partition coefficient (Wildman–Crippen LogP) is 0.902. The van der Waals surface area contributed by atoms with Crippen LogP contribution in [0.15, 0.2) is 0 Å². The summed E-state index contributed by atoms with van der Waals surface area (Å²) in [6.45, 7) is 0. The molecule has 0 atom stereocenters. The molecule has 4 heavy (non-hydrogen) atoms. The fourth-order valence-corrected chi connectivity index (χ4v) is 0. The van der Waals surface area contributed by atoms with Gasteiger partial charge in [0.25, 0.3) is 0 Å². The summed E-state index contributed by atoms with van der Waals surface area (Å²) in [5, 5.41) is 0. The Morgan fingerprint density at radius 2 is 1.50 bits per heavy atom. The van der Waals surface area contributed by atoms with Crippen LogP contribution in [0.25, 0.3) is 0 Å². The number of hydrogen-bond acceptors (Lipinski definition) is 2. The zero-order valence-corrected chi connectivity index (χ0v) is 2.54. The molecule has 0 fully saturated rings. The summed E-state index contributed by atoms with van der Waals surface area (Å²) in [5.41, 5.74) is 0. The maximum absolute atomic E-state index is 10.0. The molecule has 1 nitrogen and oxygen atoms in total. The lowest BCUT2D eigenvalue weighted by molar-refractivity contribution is -0.0369. The van der Waals surface area contributed by atoms with E-state index in [-0.39, 0.29) is 0 Å². The van der Waals surface area contributed by atoms with Gasteiger partial charge in [0.2, 0.25) is 0 Å². The van der Waals surface area contributed by atoms with Crippen LogP contribution in [-0.2, 0) is 0 Å². The Balaban J connectivity index is 2.32. The lowest BCUT2D eigenvalue weighted by Gasteiger charge is -1.73. The van der Waals surface area contributed by atoms with Gasteiger partial charge in [-0.1, -0.05) is 8.96 Å². The summed E-state index contributed by atoms with van der Waals surface area (Å²) in [7, 11) is 0. The second-order valence-corrected chi connectivity index (χ2v) is 0.517. The molecule has 0 aliphatic carbocycles. The van der Waals surface area contributed by atoms with Crippen molar-refractivity contribution in [3.8, 4) is 0 Å². The lowest BCUT2D eigenvalue weighted by Crippen LogP contribution is -1.69. The van der Waals surface area contributed by atoms with Crippen molar-refractivity contribution in [2.24, 2.45) is 0 Å². The van der Waals surface area contributed by atoms with Gasteiger partial charge in [0.05, 0.1) is 4.75 Å². The molecule has 4 heteroatoms. The van der Waals surface area contributed by atoms with E-state index < -0.39 is 4.75 Å². The third-order valence-corrected chi connectivity index (χ3v) is 0. The molecule has 0 aliphatic heterocycles. The van der Waals surface area contributed by atoms with Crippen LogP contribution in [0, 0.1) is 0 Å². The maximum Gasteiger partial charge on any atom is 0.0788 e. The highest BCUT2D eigenvalue weighted by atomic mass is 32.1. The van der Waals surface area contributed by atoms with Crippen molar-refractivity contribution in [2.75, 3.05) is 0 Å². The highest BCUT2D eigenvalue weighted by Crippen LogP contribution is 1.87. The largest absolute Gasteiger partial charge is 0.0892 e. The van der Waals surface area contributed by atoms with E-state index in [2.05, 4.69) is 12.8 Å². The first-order valence-corrected chi connectivity index (χ1v) is 0.938. The number of thiol groups is 1. The lowest BCUT2D eigenvalue weighted by atomic mass is 13.6. The van der Waals surface area contributed by atoms with Crippen molar-refractivity contribution in [3.63, 3.8) is 0 Å². The zero-order chi connectivity index (χ0) is 3.58. The molecular formula is HF2NS. The van der Waals surface area contributed by atoms with E-state index in [1.807, 2.05) is 0 Å². The molecule has 0 amide bonds. The molecule has 0 saturated heterocycles. The molecule has 0 heterocycles. The van der Waals surface area contributed by atoms with E-state index >= 15 is 0 Å². The molecular weight excluding hydrogens is 84.1 g/mol. The second kappa shape index (κ2) is 1.49. The standard InChI is InChI=1S/F2HNS/c1-3(2)4/h4H. The first-order valence-electron chi connectivity index (χ1n) is 0.538. The smallest absolute Gasteiger partial charge is 0.0788 e. The van der Waals surface area contributed by atoms with Crippen LogP contribution in [0.4, 0.5) is 8.96 Å². The van der Waals surface area contributed by atoms with E-state index in [0.717, 1.165) is 0 Å². The number of halogens is 2. The first-order chi connectivity index (χ1) is 1.73. The van der Waals surface area contributed by atoms with Gasteiger partial charge in [-0.25, -0.2) is 0 Å². The van der Waals surface area contributed by atoms with Crippen molar-refractivity contribution in [3.05, 3.63) is 0 Å². The number of nitrogens with zero attached hydrogens (tertiary/aromatic N) is 1. The van der Waals surface area contributed by atoms with Gasteiger partial charge in [0, 0.05) is 0 Å². The Morgan fingerprint density at radius 1 is 1.50 bits per heavy atom. The van der Waals surface area contributed by atoms with Gasteiger partial charge in [-0.3, -0.25) is 0 Å². The van der Waals surface area contributed by atoms with Crippen LogP contribution in [0.5, 0.6) is 0 Å². The van der Waals surface area contributed by atoms with E-state index in [1.165, 1.54) is 0 Å². The summed E-state index contributed by atoms with van der Waals surface area (Å²) < 4.78 is 18.8. The highest BCUT2D eigenvalue weighted by Gasteiger charge is 1.74. The van der Waals surface area contributed by atoms with Crippen LogP contribution in [-0.4, -0.2) is 4.75 Å². The fourth-order valence-electron chi connectivity index (χ4n) is 0. The molecule has 0 saturated carbocycles. The minimum absolute atomic E-state index is 1.31. The van der Waals surface area contributed by atoms with Gasteiger partial charge >= 0.3 is 0 Å². The molecule has 26 valence electrons. The SMILES string of the molecule is FN(F)S. The highest BCUT2D eigenvalue weighted by molar-refractivity contribution is 7.77. The summed E-state index contributed by atoms with van der Waals surface area (Å²) in [5.74, 6) is 0.